The molecule has 1 aromatic carbocycles. The van der Waals surface area contributed by atoms with Crippen molar-refractivity contribution in [3.05, 3.63) is 54.0 Å². The molecule has 3 heterocycles. The summed E-state index contributed by atoms with van der Waals surface area (Å²) < 4.78 is 1.03. The van der Waals surface area contributed by atoms with Crippen LogP contribution >= 0.6 is 11.3 Å². The Morgan fingerprint density at radius 3 is 2.62 bits per heavy atom. The number of carbonyl (C=O) groups is 1. The van der Waals surface area contributed by atoms with E-state index in [0.717, 1.165) is 33.8 Å². The number of hydrogen-bond donors (Lipinski definition) is 5. The van der Waals surface area contributed by atoms with Crippen molar-refractivity contribution in [2.75, 3.05) is 16.4 Å². The third-order valence-corrected chi connectivity index (χ3v) is 8.04. The number of para-hydroxylation sites is 1. The molecule has 0 bridgehead atoms. The van der Waals surface area contributed by atoms with E-state index in [2.05, 4.69) is 25.6 Å². The average molecular weight is 518 g/mol. The Balaban J connectivity index is 1.30. The van der Waals surface area contributed by atoms with Gasteiger partial charge in [0.05, 0.1) is 39.7 Å². The van der Waals surface area contributed by atoms with E-state index in [4.69, 9.17) is 10.7 Å². The second kappa shape index (κ2) is 9.33. The SMILES string of the molecule is Cc1nc(N)nc(N[C@@H]2C[C@H](C(=O)Nc3ccccc3)[C@@H](O)[C@H]2O)c1-c1nc2c(C3CC3)nccc2s1. The second-order valence-corrected chi connectivity index (χ2v) is 10.7. The summed E-state index contributed by atoms with van der Waals surface area (Å²) in [5, 5.41) is 28.3. The molecule has 2 aliphatic rings. The van der Waals surface area contributed by atoms with Gasteiger partial charge in [0.2, 0.25) is 11.9 Å². The lowest BCUT2D eigenvalue weighted by molar-refractivity contribution is -0.123. The molecular formula is C26H27N7O3S. The van der Waals surface area contributed by atoms with E-state index in [1.165, 1.54) is 11.3 Å². The number of nitrogen functional groups attached to an aromatic ring is 1. The van der Waals surface area contributed by atoms with Crippen LogP contribution in [0.4, 0.5) is 17.5 Å². The molecule has 6 rings (SSSR count). The molecule has 3 aromatic heterocycles. The number of amides is 1. The van der Waals surface area contributed by atoms with Crippen LogP contribution in [0.15, 0.2) is 42.6 Å². The van der Waals surface area contributed by atoms with Gasteiger partial charge >= 0.3 is 0 Å². The standard InChI is InChI=1S/C26H27N7O3S/c1-12-18(25-32-20-17(37-25)9-10-28-19(20)13-7-8-13)23(33-26(27)29-12)31-16-11-15(21(34)22(16)35)24(36)30-14-5-3-2-4-6-14/h2-6,9-10,13,15-16,21-22,34-35H,7-8,11H2,1H3,(H,30,36)(H3,27,29,31,33)/t15-,16+,21+,22-/m0/s1. The number of nitrogens with one attached hydrogen (secondary N) is 2. The van der Waals surface area contributed by atoms with Crippen LogP contribution in [0.3, 0.4) is 0 Å². The molecule has 0 saturated heterocycles. The summed E-state index contributed by atoms with van der Waals surface area (Å²) in [5.74, 6) is -0.214. The molecular weight excluding hydrogens is 490 g/mol. The van der Waals surface area contributed by atoms with Gasteiger partial charge in [-0.15, -0.1) is 11.3 Å². The summed E-state index contributed by atoms with van der Waals surface area (Å²) in [5.41, 5.74) is 9.84. The van der Waals surface area contributed by atoms with Gasteiger partial charge in [0.1, 0.15) is 22.4 Å². The lowest BCUT2D eigenvalue weighted by atomic mass is 10.0. The molecule has 6 N–H and O–H groups in total. The molecule has 2 aliphatic carbocycles. The topological polar surface area (TPSA) is 159 Å². The number of thiazole rings is 1. The number of pyridine rings is 1. The summed E-state index contributed by atoms with van der Waals surface area (Å²) in [6.07, 6.45) is 1.85. The Labute approximate surface area is 217 Å². The van der Waals surface area contributed by atoms with Crippen LogP contribution in [0, 0.1) is 12.8 Å². The van der Waals surface area contributed by atoms with Crippen LogP contribution in [0.2, 0.25) is 0 Å². The van der Waals surface area contributed by atoms with Crippen LogP contribution < -0.4 is 16.4 Å². The number of nitrogens with zero attached hydrogens (tertiary/aromatic N) is 4. The quantitative estimate of drug-likeness (QED) is 0.259. The van der Waals surface area contributed by atoms with Gasteiger partial charge in [0.15, 0.2) is 0 Å². The highest BCUT2D eigenvalue weighted by molar-refractivity contribution is 7.21. The minimum Gasteiger partial charge on any atom is -0.390 e. The molecule has 0 spiro atoms. The predicted molar refractivity (Wildman–Crippen MR) is 142 cm³/mol. The van der Waals surface area contributed by atoms with Crippen LogP contribution in [-0.2, 0) is 4.79 Å². The number of carbonyl (C=O) groups excluding carboxylic acids is 1. The van der Waals surface area contributed by atoms with Crippen molar-refractivity contribution in [2.24, 2.45) is 5.92 Å². The number of benzene rings is 1. The molecule has 2 fully saturated rings. The monoisotopic (exact) mass is 517 g/mol. The van der Waals surface area contributed by atoms with E-state index in [-0.39, 0.29) is 18.3 Å². The summed E-state index contributed by atoms with van der Waals surface area (Å²) >= 11 is 1.52. The van der Waals surface area contributed by atoms with Crippen molar-refractivity contribution >= 4 is 44.9 Å². The normalized spacial score (nSPS) is 23.3. The molecule has 0 radical (unpaired) electrons. The fourth-order valence-corrected chi connectivity index (χ4v) is 6.03. The number of aliphatic hydroxyl groups excluding tert-OH is 2. The van der Waals surface area contributed by atoms with Crippen molar-refractivity contribution in [1.29, 1.82) is 0 Å². The van der Waals surface area contributed by atoms with Crippen molar-refractivity contribution in [3.63, 3.8) is 0 Å². The minimum atomic E-state index is -1.24. The number of anilines is 3. The molecule has 11 heteroatoms. The van der Waals surface area contributed by atoms with Crippen molar-refractivity contribution in [1.82, 2.24) is 19.9 Å². The highest BCUT2D eigenvalue weighted by Gasteiger charge is 2.45. The lowest BCUT2D eigenvalue weighted by Crippen LogP contribution is -2.37. The van der Waals surface area contributed by atoms with Crippen molar-refractivity contribution in [2.45, 2.75) is 50.4 Å². The third kappa shape index (κ3) is 4.50. The van der Waals surface area contributed by atoms with Gasteiger partial charge in [-0.05, 0) is 44.4 Å². The second-order valence-electron chi connectivity index (χ2n) is 9.66. The molecule has 4 atom stereocenters. The fraction of sp³-hybridized carbons (Fsp3) is 0.346. The summed E-state index contributed by atoms with van der Waals surface area (Å²) in [6, 6.07) is 10.3. The largest absolute Gasteiger partial charge is 0.390 e. The fourth-order valence-electron chi connectivity index (χ4n) is 4.96. The maximum Gasteiger partial charge on any atom is 0.230 e. The zero-order valence-electron chi connectivity index (χ0n) is 20.1. The van der Waals surface area contributed by atoms with Gasteiger partial charge in [-0.2, -0.15) is 4.98 Å². The molecule has 4 aromatic rings. The Hall–Kier alpha value is -3.67. The van der Waals surface area contributed by atoms with Gasteiger partial charge in [0, 0.05) is 17.8 Å². The number of rotatable bonds is 6. The predicted octanol–water partition coefficient (Wildman–Crippen LogP) is 3.08. The number of aliphatic hydroxyl groups is 2. The van der Waals surface area contributed by atoms with Gasteiger partial charge in [-0.3, -0.25) is 9.78 Å². The van der Waals surface area contributed by atoms with Crippen LogP contribution in [-0.4, -0.2) is 54.3 Å². The lowest BCUT2D eigenvalue weighted by Gasteiger charge is -2.20. The van der Waals surface area contributed by atoms with Gasteiger partial charge < -0.3 is 26.6 Å². The van der Waals surface area contributed by atoms with E-state index >= 15 is 0 Å². The van der Waals surface area contributed by atoms with Crippen LogP contribution in [0.5, 0.6) is 0 Å². The highest BCUT2D eigenvalue weighted by Crippen LogP contribution is 2.44. The summed E-state index contributed by atoms with van der Waals surface area (Å²) in [6.45, 7) is 1.83. The smallest absolute Gasteiger partial charge is 0.230 e. The molecule has 0 aliphatic heterocycles. The summed E-state index contributed by atoms with van der Waals surface area (Å²) in [4.78, 5) is 31.1. The van der Waals surface area contributed by atoms with Crippen LogP contribution in [0.1, 0.15) is 36.6 Å². The number of aryl methyl sites for hydroxylation is 1. The van der Waals surface area contributed by atoms with E-state index < -0.39 is 24.2 Å². The Kier molecular flexibility index (Phi) is 5.98. The zero-order valence-corrected chi connectivity index (χ0v) is 20.9. The van der Waals surface area contributed by atoms with Gasteiger partial charge in [-0.1, -0.05) is 18.2 Å². The molecule has 0 unspecified atom stereocenters. The zero-order chi connectivity index (χ0) is 25.7. The van der Waals surface area contributed by atoms with Crippen molar-refractivity contribution in [3.8, 4) is 10.6 Å². The van der Waals surface area contributed by atoms with Crippen molar-refractivity contribution < 1.29 is 15.0 Å². The average Bonchev–Trinajstić information content (AvgIpc) is 3.57. The maximum atomic E-state index is 12.9. The first-order valence-corrected chi connectivity index (χ1v) is 13.1. The Morgan fingerprint density at radius 1 is 1.08 bits per heavy atom. The van der Waals surface area contributed by atoms with E-state index in [9.17, 15) is 15.0 Å². The maximum absolute atomic E-state index is 12.9. The number of hydrogen-bond acceptors (Lipinski definition) is 10. The molecule has 190 valence electrons. The number of nitrogens with two attached hydrogens (primary N) is 1. The van der Waals surface area contributed by atoms with E-state index in [1.807, 2.05) is 37.4 Å². The number of fused-ring (bicyclic) bond motifs is 1. The molecule has 37 heavy (non-hydrogen) atoms. The molecule has 1 amide bonds. The number of aromatic nitrogens is 4. The van der Waals surface area contributed by atoms with E-state index in [1.54, 1.807) is 12.1 Å². The minimum absolute atomic E-state index is 0.0802. The third-order valence-electron chi connectivity index (χ3n) is 7.00. The summed E-state index contributed by atoms with van der Waals surface area (Å²) in [7, 11) is 0. The van der Waals surface area contributed by atoms with Gasteiger partial charge in [-0.25, -0.2) is 9.97 Å². The van der Waals surface area contributed by atoms with Gasteiger partial charge in [0.25, 0.3) is 0 Å². The van der Waals surface area contributed by atoms with E-state index in [0.29, 0.717) is 28.7 Å². The first-order chi connectivity index (χ1) is 17.9. The Morgan fingerprint density at radius 2 is 1.86 bits per heavy atom. The highest BCUT2D eigenvalue weighted by atomic mass is 32.1. The Bertz CT molecular complexity index is 1470. The molecule has 10 nitrogen and oxygen atoms in total. The van der Waals surface area contributed by atoms with Crippen LogP contribution in [0.25, 0.3) is 20.8 Å². The molecule has 2 saturated carbocycles. The first-order valence-electron chi connectivity index (χ1n) is 12.3. The first kappa shape index (κ1) is 23.7.